The number of carbonyl (C=O) groups is 6. The highest BCUT2D eigenvalue weighted by Crippen LogP contribution is 2.36. The summed E-state index contributed by atoms with van der Waals surface area (Å²) in [7, 11) is 3.19. The van der Waals surface area contributed by atoms with E-state index in [9.17, 15) is 48.6 Å². The molecule has 82 heavy (non-hydrogen) atoms. The first-order chi connectivity index (χ1) is 39.2. The summed E-state index contributed by atoms with van der Waals surface area (Å²) in [6, 6.07) is 18.8. The highest BCUT2D eigenvalue weighted by molar-refractivity contribution is 7.71. The Balaban J connectivity index is 0.000000172. The van der Waals surface area contributed by atoms with Crippen LogP contribution in [0.3, 0.4) is 0 Å². The highest BCUT2D eigenvalue weighted by Gasteiger charge is 2.31. The number of aromatic carboxylic acids is 2. The lowest BCUT2D eigenvalue weighted by Crippen LogP contribution is -2.30. The summed E-state index contributed by atoms with van der Waals surface area (Å²) in [6.07, 6.45) is 2.44. The Kier molecular flexibility index (Phi) is 13.8. The summed E-state index contributed by atoms with van der Waals surface area (Å²) in [6.45, 7) is 3.79. The number of carboxylic acids is 2. The Morgan fingerprint density at radius 2 is 1.02 bits per heavy atom. The maximum Gasteiger partial charge on any atom is 0.419 e. The van der Waals surface area contributed by atoms with Crippen LogP contribution in [-0.2, 0) is 40.0 Å². The molecular weight excluding hydrogens is 1100 g/mol. The summed E-state index contributed by atoms with van der Waals surface area (Å²) in [4.78, 5) is 108. The van der Waals surface area contributed by atoms with Crippen LogP contribution in [0.2, 0.25) is 0 Å². The van der Waals surface area contributed by atoms with E-state index in [1.807, 2.05) is 0 Å². The van der Waals surface area contributed by atoms with Gasteiger partial charge >= 0.3 is 23.5 Å². The van der Waals surface area contributed by atoms with E-state index in [4.69, 9.17) is 33.3 Å². The quantitative estimate of drug-likeness (QED) is 0.0731. The Bertz CT molecular complexity index is 4650. The number of rotatable bonds is 12. The van der Waals surface area contributed by atoms with Crippen LogP contribution in [0.1, 0.15) is 132 Å². The second kappa shape index (κ2) is 21.1. The highest BCUT2D eigenvalue weighted by atomic mass is 32.1. The fraction of sp³-hybridized carbons (Fsp3) is 0.222. The first-order valence-electron chi connectivity index (χ1n) is 25.3. The van der Waals surface area contributed by atoms with E-state index in [0.29, 0.717) is 59.0 Å². The number of carbonyl (C=O) groups excluding carboxylic acids is 4. The molecular formula is C54H46N14O12S2. The molecule has 10 aromatic rings. The maximum absolute atomic E-state index is 13.5. The van der Waals surface area contributed by atoms with Gasteiger partial charge in [-0.15, -0.1) is 10.2 Å². The Morgan fingerprint density at radius 1 is 0.598 bits per heavy atom. The van der Waals surface area contributed by atoms with Gasteiger partial charge in [0.05, 0.1) is 34.2 Å². The topological polar surface area (TPSA) is 353 Å². The molecule has 0 aliphatic heterocycles. The van der Waals surface area contributed by atoms with Crippen LogP contribution in [0.25, 0.3) is 33.8 Å². The zero-order valence-electron chi connectivity index (χ0n) is 43.7. The number of aryl methyl sites for hydroxylation is 2. The molecule has 8 N–H and O–H groups in total. The molecule has 2 aliphatic rings. The van der Waals surface area contributed by atoms with Crippen LogP contribution in [0.15, 0.2) is 91.2 Å². The van der Waals surface area contributed by atoms with Crippen molar-refractivity contribution >= 4 is 93.8 Å². The molecule has 12 rings (SSSR count). The van der Waals surface area contributed by atoms with Gasteiger partial charge in [-0.05, 0) is 157 Å². The third-order valence-electron chi connectivity index (χ3n) is 14.8. The van der Waals surface area contributed by atoms with E-state index >= 15 is 0 Å². The van der Waals surface area contributed by atoms with Crippen molar-refractivity contribution in [1.29, 1.82) is 0 Å². The van der Waals surface area contributed by atoms with Crippen molar-refractivity contribution < 1.29 is 47.8 Å². The van der Waals surface area contributed by atoms with Crippen LogP contribution in [0.5, 0.6) is 0 Å². The molecule has 4 amide bonds. The molecule has 0 unspecified atom stereocenters. The predicted molar refractivity (Wildman–Crippen MR) is 295 cm³/mol. The van der Waals surface area contributed by atoms with Crippen molar-refractivity contribution in [3.05, 3.63) is 182 Å². The van der Waals surface area contributed by atoms with E-state index in [1.165, 1.54) is 30.1 Å². The number of benzene rings is 4. The first-order valence-corrected chi connectivity index (χ1v) is 26.1. The predicted octanol–water partition coefficient (Wildman–Crippen LogP) is 5.17. The number of oxazole rings is 2. The molecule has 0 bridgehead atoms. The molecule has 2 atom stereocenters. The number of carboxylic acid groups (broad SMARTS) is 2. The lowest BCUT2D eigenvalue weighted by Gasteiger charge is -2.16. The molecule has 0 spiro atoms. The zero-order chi connectivity index (χ0) is 58.0. The van der Waals surface area contributed by atoms with E-state index < -0.39 is 47.1 Å². The largest absolute Gasteiger partial charge is 0.478 e. The van der Waals surface area contributed by atoms with Gasteiger partial charge in [0.2, 0.25) is 9.54 Å². The summed E-state index contributed by atoms with van der Waals surface area (Å²) in [5.41, 5.74) is 8.94. The van der Waals surface area contributed by atoms with Gasteiger partial charge in [-0.2, -0.15) is 0 Å². The monoisotopic (exact) mass is 1150 g/mol. The van der Waals surface area contributed by atoms with Gasteiger partial charge in [-0.1, -0.05) is 24.3 Å². The molecule has 26 nitrogen and oxygen atoms in total. The molecule has 0 radical (unpaired) electrons. The number of nitrogens with one attached hydrogen (secondary N) is 6. The molecule has 28 heteroatoms. The average molecular weight is 1150 g/mol. The number of hydrogen-bond acceptors (Lipinski definition) is 16. The van der Waals surface area contributed by atoms with Gasteiger partial charge in [-0.25, -0.2) is 48.1 Å². The lowest BCUT2D eigenvalue weighted by atomic mass is 9.98. The Morgan fingerprint density at radius 3 is 1.49 bits per heavy atom. The maximum atomic E-state index is 13.5. The number of nitrogens with zero attached hydrogens (tertiary/aromatic N) is 8. The van der Waals surface area contributed by atoms with Crippen molar-refractivity contribution in [1.82, 2.24) is 69.6 Å². The Labute approximate surface area is 469 Å². The van der Waals surface area contributed by atoms with Crippen molar-refractivity contribution in [3.63, 3.8) is 0 Å². The van der Waals surface area contributed by atoms with E-state index in [0.717, 1.165) is 33.4 Å². The van der Waals surface area contributed by atoms with Crippen LogP contribution in [0.4, 0.5) is 0 Å². The van der Waals surface area contributed by atoms with Crippen molar-refractivity contribution in [2.24, 2.45) is 14.1 Å². The number of aromatic nitrogens is 10. The summed E-state index contributed by atoms with van der Waals surface area (Å²) in [5.74, 6) is -4.92. The second-order valence-electron chi connectivity index (χ2n) is 19.6. The van der Waals surface area contributed by atoms with E-state index in [-0.39, 0.29) is 80.2 Å². The molecule has 0 saturated carbocycles. The van der Waals surface area contributed by atoms with Crippen LogP contribution in [-0.4, -0.2) is 94.1 Å². The third kappa shape index (κ3) is 9.77. The van der Waals surface area contributed by atoms with Crippen molar-refractivity contribution in [3.8, 4) is 0 Å². The second-order valence-corrected chi connectivity index (χ2v) is 20.3. The average Bonchev–Trinajstić information content (AvgIpc) is 3.86. The van der Waals surface area contributed by atoms with Crippen LogP contribution >= 0.6 is 24.4 Å². The summed E-state index contributed by atoms with van der Waals surface area (Å²) >= 11 is 10.6. The lowest BCUT2D eigenvalue weighted by molar-refractivity contribution is 0.0685. The number of aromatic amines is 2. The van der Waals surface area contributed by atoms with Gasteiger partial charge in [0.1, 0.15) is 22.8 Å². The zero-order valence-corrected chi connectivity index (χ0v) is 45.3. The third-order valence-corrected chi connectivity index (χ3v) is 15.3. The molecule has 6 heterocycles. The standard InChI is InChI=1S/2C27H23N7O6S/c1-12-14-6-7-17(16(14)5-4-15(12)24(37)38)29-22(35)18-10-20(34-25(30-18)31-32-26(34)41)23(36)28-11-13-3-8-21-19(9-13)33(2)27(39)40-21;1-12-14-6-7-17(16(14)5-4-15(12)24(37)38)29-23(36)20-10-18(30-25-31-32-26(41)34(20)25)22(35)28-11-13-3-8-21-19(9-13)33(2)27(39)40-21/h3-5,8-10,17H,6-7,11H2,1-2H3,(H,28,36)(H,29,35)(H,32,41)(H,37,38);3-5,8-10,17H,6-7,11H2,1-2H3,(H,28,35)(H,29,36)(H,32,41)(H,37,38)/t2*17-/m00/s1. The summed E-state index contributed by atoms with van der Waals surface area (Å²) < 4.78 is 16.0. The normalized spacial score (nSPS) is 14.3. The van der Waals surface area contributed by atoms with Crippen molar-refractivity contribution in [2.45, 2.75) is 64.7 Å². The van der Waals surface area contributed by atoms with Crippen LogP contribution in [0, 0.1) is 23.4 Å². The van der Waals surface area contributed by atoms with Gasteiger partial charge in [0.25, 0.3) is 35.2 Å². The fourth-order valence-electron chi connectivity index (χ4n) is 10.5. The molecule has 416 valence electrons. The molecule has 2 aliphatic carbocycles. The van der Waals surface area contributed by atoms with E-state index in [1.54, 1.807) is 88.6 Å². The number of fused-ring (bicyclic) bond motifs is 6. The number of hydrogen-bond donors (Lipinski definition) is 8. The minimum atomic E-state index is -0.996. The molecule has 0 fully saturated rings. The smallest absolute Gasteiger partial charge is 0.419 e. The molecule has 6 aromatic heterocycles. The first kappa shape index (κ1) is 53.8. The number of H-pyrrole nitrogens is 2. The minimum absolute atomic E-state index is 0.0289. The summed E-state index contributed by atoms with van der Waals surface area (Å²) in [5, 5.41) is 43.7. The SMILES string of the molecule is Cc1c(C(=O)O)ccc2c1CC[C@@H]2NC(=O)c1cc(C(=O)NCc2ccc3oc(=O)n(C)c3c2)n2c(=S)[nH]nc2n1.Cc1c(C(=O)O)ccc2c1CC[C@@H]2NC(=O)c1cc(C(=O)NCc2ccc3oc(=O)n(C)c3c2)nc2n[nH]c(=S)n12. The Hall–Kier alpha value is -10.2. The fourth-order valence-corrected chi connectivity index (χ4v) is 10.9. The van der Waals surface area contributed by atoms with Gasteiger partial charge in [0.15, 0.2) is 11.2 Å². The van der Waals surface area contributed by atoms with Gasteiger partial charge in [-0.3, -0.25) is 28.3 Å². The van der Waals surface area contributed by atoms with E-state index in [2.05, 4.69) is 51.6 Å². The van der Waals surface area contributed by atoms with Gasteiger partial charge < -0.3 is 40.3 Å². The van der Waals surface area contributed by atoms with Crippen molar-refractivity contribution in [2.75, 3.05) is 0 Å². The van der Waals surface area contributed by atoms with Gasteiger partial charge in [0, 0.05) is 27.2 Å². The minimum Gasteiger partial charge on any atom is -0.478 e. The van der Waals surface area contributed by atoms with Crippen LogP contribution < -0.4 is 32.8 Å². The molecule has 4 aromatic carbocycles. The molecule has 0 saturated heterocycles. The number of amides is 4.